The van der Waals surface area contributed by atoms with E-state index in [1.807, 2.05) is 6.07 Å². The zero-order valence-corrected chi connectivity index (χ0v) is 13.6. The molecule has 0 aliphatic rings. The van der Waals surface area contributed by atoms with Gasteiger partial charge in [0.1, 0.15) is 0 Å². The van der Waals surface area contributed by atoms with Crippen LogP contribution in [0.5, 0.6) is 0 Å². The minimum absolute atomic E-state index is 0.0880. The Hall–Kier alpha value is -2.25. The average Bonchev–Trinajstić information content (AvgIpc) is 2.99. The minimum atomic E-state index is -0.340. The van der Waals surface area contributed by atoms with Gasteiger partial charge in [-0.2, -0.15) is 0 Å². The van der Waals surface area contributed by atoms with Gasteiger partial charge in [0.15, 0.2) is 5.13 Å². The van der Waals surface area contributed by atoms with E-state index in [0.717, 1.165) is 0 Å². The van der Waals surface area contributed by atoms with Crippen molar-refractivity contribution in [3.8, 4) is 0 Å². The van der Waals surface area contributed by atoms with E-state index in [4.69, 9.17) is 9.47 Å². The molecule has 0 aliphatic heterocycles. The summed E-state index contributed by atoms with van der Waals surface area (Å²) in [5.41, 5.74) is 1.14. The van der Waals surface area contributed by atoms with E-state index in [0.29, 0.717) is 36.0 Å². The fourth-order valence-electron chi connectivity index (χ4n) is 1.79. The molecule has 0 saturated carbocycles. The first-order valence-electron chi connectivity index (χ1n) is 7.14. The van der Waals surface area contributed by atoms with Crippen LogP contribution in [0.1, 0.15) is 22.5 Å². The number of ether oxygens (including phenoxy) is 2. The summed E-state index contributed by atoms with van der Waals surface area (Å²) < 4.78 is 9.94. The van der Waals surface area contributed by atoms with Crippen LogP contribution in [0.4, 0.5) is 5.13 Å². The maximum absolute atomic E-state index is 12.0. The van der Waals surface area contributed by atoms with Gasteiger partial charge in [0.2, 0.25) is 0 Å². The number of carbonyl (C=O) groups excluding carboxylic acids is 2. The molecule has 23 heavy (non-hydrogen) atoms. The summed E-state index contributed by atoms with van der Waals surface area (Å²) in [4.78, 5) is 27.9. The Morgan fingerprint density at radius 1 is 1.22 bits per heavy atom. The van der Waals surface area contributed by atoms with Gasteiger partial charge in [0.05, 0.1) is 18.7 Å². The van der Waals surface area contributed by atoms with Crippen LogP contribution < -0.4 is 5.32 Å². The molecular weight excluding hydrogens is 316 g/mol. The van der Waals surface area contributed by atoms with Crippen molar-refractivity contribution in [3.63, 3.8) is 0 Å². The van der Waals surface area contributed by atoms with Crippen LogP contribution in [-0.2, 0) is 20.7 Å². The second-order valence-corrected chi connectivity index (χ2v) is 5.57. The predicted molar refractivity (Wildman–Crippen MR) is 87.7 cm³/mol. The number of methoxy groups -OCH3 is 1. The highest BCUT2D eigenvalue weighted by atomic mass is 32.1. The topological polar surface area (TPSA) is 77.5 Å². The van der Waals surface area contributed by atoms with Crippen molar-refractivity contribution >= 4 is 28.3 Å². The molecule has 6 nitrogen and oxygen atoms in total. The third kappa shape index (κ3) is 5.80. The zero-order chi connectivity index (χ0) is 16.5. The van der Waals surface area contributed by atoms with Gasteiger partial charge in [-0.3, -0.25) is 14.9 Å². The second-order valence-electron chi connectivity index (χ2n) is 4.71. The molecule has 2 rings (SSSR count). The van der Waals surface area contributed by atoms with Crippen molar-refractivity contribution in [2.75, 3.05) is 25.6 Å². The SMILES string of the molecule is COCCCOC(=O)Cc1csc(NC(=O)c2ccccc2)n1. The lowest BCUT2D eigenvalue weighted by atomic mass is 10.2. The highest BCUT2D eigenvalue weighted by Gasteiger charge is 2.11. The van der Waals surface area contributed by atoms with Gasteiger partial charge in [0, 0.05) is 31.1 Å². The summed E-state index contributed by atoms with van der Waals surface area (Å²) in [5.74, 6) is -0.569. The average molecular weight is 334 g/mol. The summed E-state index contributed by atoms with van der Waals surface area (Å²) >= 11 is 1.28. The number of anilines is 1. The Morgan fingerprint density at radius 2 is 2.00 bits per heavy atom. The quantitative estimate of drug-likeness (QED) is 0.593. The van der Waals surface area contributed by atoms with Crippen LogP contribution in [0.2, 0.25) is 0 Å². The fourth-order valence-corrected chi connectivity index (χ4v) is 2.50. The molecule has 1 N–H and O–H groups in total. The van der Waals surface area contributed by atoms with Gasteiger partial charge in [0.25, 0.3) is 5.91 Å². The number of thiazole rings is 1. The van der Waals surface area contributed by atoms with E-state index in [-0.39, 0.29) is 18.3 Å². The lowest BCUT2D eigenvalue weighted by molar-refractivity contribution is -0.143. The molecule has 0 spiro atoms. The van der Waals surface area contributed by atoms with Gasteiger partial charge in [-0.1, -0.05) is 18.2 Å². The molecule has 0 bridgehead atoms. The lowest BCUT2D eigenvalue weighted by Gasteiger charge is -2.03. The number of nitrogens with zero attached hydrogens (tertiary/aromatic N) is 1. The van der Waals surface area contributed by atoms with Crippen LogP contribution in [-0.4, -0.2) is 37.2 Å². The largest absolute Gasteiger partial charge is 0.465 e. The summed E-state index contributed by atoms with van der Waals surface area (Å²) in [6, 6.07) is 8.88. The number of amides is 1. The smallest absolute Gasteiger partial charge is 0.311 e. The van der Waals surface area contributed by atoms with Crippen LogP contribution in [0, 0.1) is 0 Å². The molecule has 7 heteroatoms. The van der Waals surface area contributed by atoms with Crippen molar-refractivity contribution in [2.45, 2.75) is 12.8 Å². The maximum Gasteiger partial charge on any atom is 0.311 e. The third-order valence-corrected chi connectivity index (χ3v) is 3.70. The Labute approximate surface area is 138 Å². The molecule has 0 fully saturated rings. The van der Waals surface area contributed by atoms with E-state index in [2.05, 4.69) is 10.3 Å². The minimum Gasteiger partial charge on any atom is -0.465 e. The number of hydrogen-bond donors (Lipinski definition) is 1. The highest BCUT2D eigenvalue weighted by Crippen LogP contribution is 2.17. The molecule has 0 atom stereocenters. The molecule has 0 saturated heterocycles. The van der Waals surface area contributed by atoms with Crippen molar-refractivity contribution < 1.29 is 19.1 Å². The van der Waals surface area contributed by atoms with Crippen LogP contribution in [0.3, 0.4) is 0 Å². The number of rotatable bonds is 8. The maximum atomic E-state index is 12.0. The van der Waals surface area contributed by atoms with E-state index >= 15 is 0 Å². The van der Waals surface area contributed by atoms with E-state index in [9.17, 15) is 9.59 Å². The van der Waals surface area contributed by atoms with Crippen molar-refractivity contribution in [3.05, 3.63) is 47.0 Å². The first-order chi connectivity index (χ1) is 11.2. The van der Waals surface area contributed by atoms with Gasteiger partial charge >= 0.3 is 5.97 Å². The molecule has 122 valence electrons. The summed E-state index contributed by atoms with van der Waals surface area (Å²) in [6.07, 6.45) is 0.752. The molecule has 1 aromatic heterocycles. The monoisotopic (exact) mass is 334 g/mol. The van der Waals surface area contributed by atoms with E-state index in [1.54, 1.807) is 36.8 Å². The molecule has 0 unspecified atom stereocenters. The highest BCUT2D eigenvalue weighted by molar-refractivity contribution is 7.14. The van der Waals surface area contributed by atoms with Gasteiger partial charge in [-0.15, -0.1) is 11.3 Å². The summed E-state index contributed by atoms with van der Waals surface area (Å²) in [7, 11) is 1.60. The van der Waals surface area contributed by atoms with E-state index in [1.165, 1.54) is 11.3 Å². The van der Waals surface area contributed by atoms with Crippen molar-refractivity contribution in [1.82, 2.24) is 4.98 Å². The molecule has 2 aromatic rings. The van der Waals surface area contributed by atoms with E-state index < -0.39 is 0 Å². The van der Waals surface area contributed by atoms with Gasteiger partial charge < -0.3 is 9.47 Å². The molecule has 0 aliphatic carbocycles. The number of nitrogens with one attached hydrogen (secondary N) is 1. The third-order valence-electron chi connectivity index (χ3n) is 2.89. The number of aromatic nitrogens is 1. The van der Waals surface area contributed by atoms with Crippen LogP contribution in [0.25, 0.3) is 0 Å². The van der Waals surface area contributed by atoms with Crippen molar-refractivity contribution in [1.29, 1.82) is 0 Å². The Kier molecular flexibility index (Phi) is 6.71. The fraction of sp³-hybridized carbons (Fsp3) is 0.312. The number of carbonyl (C=O) groups is 2. The molecule has 1 amide bonds. The second kappa shape index (κ2) is 9.02. The standard InChI is InChI=1S/C16H18N2O4S/c1-21-8-5-9-22-14(19)10-13-11-23-16(17-13)18-15(20)12-6-3-2-4-7-12/h2-4,6-7,11H,5,8-10H2,1H3,(H,17,18,20). The van der Waals surface area contributed by atoms with Gasteiger partial charge in [-0.05, 0) is 12.1 Å². The van der Waals surface area contributed by atoms with Crippen LogP contribution >= 0.6 is 11.3 Å². The molecular formula is C16H18N2O4S. The Balaban J connectivity index is 1.81. The lowest BCUT2D eigenvalue weighted by Crippen LogP contribution is -2.12. The number of benzene rings is 1. The molecule has 0 radical (unpaired) electrons. The number of hydrogen-bond acceptors (Lipinski definition) is 6. The number of esters is 1. The van der Waals surface area contributed by atoms with Gasteiger partial charge in [-0.25, -0.2) is 4.98 Å². The normalized spacial score (nSPS) is 10.3. The Morgan fingerprint density at radius 3 is 2.74 bits per heavy atom. The Bertz CT molecular complexity index is 643. The van der Waals surface area contributed by atoms with Crippen molar-refractivity contribution in [2.24, 2.45) is 0 Å². The van der Waals surface area contributed by atoms with Crippen LogP contribution in [0.15, 0.2) is 35.7 Å². The predicted octanol–water partition coefficient (Wildman–Crippen LogP) is 2.52. The first kappa shape index (κ1) is 17.1. The molecule has 1 heterocycles. The zero-order valence-electron chi connectivity index (χ0n) is 12.8. The first-order valence-corrected chi connectivity index (χ1v) is 8.02. The summed E-state index contributed by atoms with van der Waals surface area (Å²) in [6.45, 7) is 0.883. The summed E-state index contributed by atoms with van der Waals surface area (Å²) in [5, 5.41) is 4.90. The molecule has 1 aromatic carbocycles.